The first-order valence-electron chi connectivity index (χ1n) is 8.14. The number of halogens is 1. The van der Waals surface area contributed by atoms with E-state index >= 15 is 0 Å². The van der Waals surface area contributed by atoms with Gasteiger partial charge in [-0.05, 0) is 23.6 Å². The van der Waals surface area contributed by atoms with Gasteiger partial charge < -0.3 is 10.1 Å². The molecule has 0 fully saturated rings. The van der Waals surface area contributed by atoms with Gasteiger partial charge in [-0.2, -0.15) is 0 Å². The van der Waals surface area contributed by atoms with Crippen LogP contribution in [0.3, 0.4) is 0 Å². The Kier molecular flexibility index (Phi) is 6.95. The molecule has 1 amide bonds. The summed E-state index contributed by atoms with van der Waals surface area (Å²) in [6, 6.07) is 12.7. The molecule has 6 heteroatoms. The first-order chi connectivity index (χ1) is 12.0. The maximum Gasteiger partial charge on any atom is 0.314 e. The lowest BCUT2D eigenvalue weighted by molar-refractivity contribution is -0.150. The minimum Gasteiger partial charge on any atom is -0.455 e. The number of pyridine rings is 1. The van der Waals surface area contributed by atoms with E-state index in [-0.39, 0.29) is 12.5 Å². The van der Waals surface area contributed by atoms with Crippen molar-refractivity contribution in [1.29, 1.82) is 0 Å². The Hall–Kier alpha value is -2.40. The summed E-state index contributed by atoms with van der Waals surface area (Å²) in [5, 5.41) is 3.04. The summed E-state index contributed by atoms with van der Waals surface area (Å²) in [5.74, 6) is -0.783. The topological polar surface area (TPSA) is 68.3 Å². The molecular formula is C19H21ClN2O3. The third kappa shape index (κ3) is 5.57. The zero-order valence-electron chi connectivity index (χ0n) is 14.2. The SMILES string of the molecule is CCC(C)C(C(=O)OCC(=O)Nc1ccc(Cl)cn1)c1ccccc1. The van der Waals surface area contributed by atoms with Crippen LogP contribution in [0.1, 0.15) is 31.7 Å². The number of benzene rings is 1. The number of nitrogens with zero attached hydrogens (tertiary/aromatic N) is 1. The van der Waals surface area contributed by atoms with Gasteiger partial charge in [0.2, 0.25) is 0 Å². The average Bonchev–Trinajstić information content (AvgIpc) is 2.63. The van der Waals surface area contributed by atoms with Crippen molar-refractivity contribution in [3.63, 3.8) is 0 Å². The molecule has 2 atom stereocenters. The summed E-state index contributed by atoms with van der Waals surface area (Å²) in [5.41, 5.74) is 0.890. The van der Waals surface area contributed by atoms with Crippen molar-refractivity contribution in [2.24, 2.45) is 5.92 Å². The van der Waals surface area contributed by atoms with Crippen LogP contribution in [-0.2, 0) is 14.3 Å². The normalized spacial score (nSPS) is 12.9. The standard InChI is InChI=1S/C19H21ClN2O3/c1-3-13(2)18(14-7-5-4-6-8-14)19(24)25-12-17(23)22-16-10-9-15(20)11-21-16/h4-11,13,18H,3,12H2,1-2H3,(H,21,22,23). The van der Waals surface area contributed by atoms with Crippen LogP contribution in [0.5, 0.6) is 0 Å². The summed E-state index contributed by atoms with van der Waals surface area (Å²) >= 11 is 5.74. The Morgan fingerprint density at radius 3 is 2.52 bits per heavy atom. The van der Waals surface area contributed by atoms with E-state index < -0.39 is 17.8 Å². The smallest absolute Gasteiger partial charge is 0.314 e. The van der Waals surface area contributed by atoms with E-state index in [1.807, 2.05) is 44.2 Å². The lowest BCUT2D eigenvalue weighted by Crippen LogP contribution is -2.27. The van der Waals surface area contributed by atoms with Crippen molar-refractivity contribution in [3.05, 3.63) is 59.2 Å². The zero-order valence-corrected chi connectivity index (χ0v) is 15.0. The minimum absolute atomic E-state index is 0.107. The summed E-state index contributed by atoms with van der Waals surface area (Å²) in [6.07, 6.45) is 2.26. The Bertz CT molecular complexity index is 704. The Morgan fingerprint density at radius 2 is 1.92 bits per heavy atom. The predicted octanol–water partition coefficient (Wildman–Crippen LogP) is 4.05. The molecule has 2 aromatic rings. The van der Waals surface area contributed by atoms with Gasteiger partial charge in [0.05, 0.1) is 10.9 Å². The number of rotatable bonds is 7. The van der Waals surface area contributed by atoms with Crippen molar-refractivity contribution in [3.8, 4) is 0 Å². The summed E-state index contributed by atoms with van der Waals surface area (Å²) < 4.78 is 5.23. The van der Waals surface area contributed by atoms with E-state index in [0.717, 1.165) is 12.0 Å². The molecule has 0 aliphatic carbocycles. The van der Waals surface area contributed by atoms with Crippen LogP contribution in [0.2, 0.25) is 5.02 Å². The largest absolute Gasteiger partial charge is 0.455 e. The molecule has 0 aliphatic heterocycles. The van der Waals surface area contributed by atoms with Crippen LogP contribution in [0.4, 0.5) is 5.82 Å². The number of hydrogen-bond donors (Lipinski definition) is 1. The quantitative estimate of drug-likeness (QED) is 0.756. The van der Waals surface area contributed by atoms with Crippen molar-refractivity contribution < 1.29 is 14.3 Å². The van der Waals surface area contributed by atoms with Crippen molar-refractivity contribution >= 4 is 29.3 Å². The summed E-state index contributed by atoms with van der Waals surface area (Å²) in [4.78, 5) is 28.4. The van der Waals surface area contributed by atoms with E-state index in [1.54, 1.807) is 12.1 Å². The molecule has 1 aromatic carbocycles. The molecule has 1 heterocycles. The molecule has 2 rings (SSSR count). The van der Waals surface area contributed by atoms with Crippen LogP contribution in [-0.4, -0.2) is 23.5 Å². The zero-order chi connectivity index (χ0) is 18.2. The second kappa shape index (κ2) is 9.18. The Labute approximate surface area is 152 Å². The highest BCUT2D eigenvalue weighted by atomic mass is 35.5. The minimum atomic E-state index is -0.445. The van der Waals surface area contributed by atoms with Gasteiger partial charge in [0, 0.05) is 6.20 Å². The molecule has 1 N–H and O–H groups in total. The van der Waals surface area contributed by atoms with E-state index in [9.17, 15) is 9.59 Å². The summed E-state index contributed by atoms with van der Waals surface area (Å²) in [6.45, 7) is 3.66. The maximum absolute atomic E-state index is 12.5. The van der Waals surface area contributed by atoms with Gasteiger partial charge in [-0.25, -0.2) is 4.98 Å². The van der Waals surface area contributed by atoms with Crippen molar-refractivity contribution in [2.75, 3.05) is 11.9 Å². The highest BCUT2D eigenvalue weighted by Crippen LogP contribution is 2.28. The number of aromatic nitrogens is 1. The fourth-order valence-electron chi connectivity index (χ4n) is 2.45. The number of ether oxygens (including phenoxy) is 1. The van der Waals surface area contributed by atoms with Crippen LogP contribution < -0.4 is 5.32 Å². The first kappa shape index (κ1) is 18.9. The second-order valence-corrected chi connectivity index (χ2v) is 6.23. The molecule has 0 bridgehead atoms. The molecule has 0 saturated carbocycles. The Balaban J connectivity index is 1.96. The monoisotopic (exact) mass is 360 g/mol. The third-order valence-electron chi connectivity index (χ3n) is 3.97. The van der Waals surface area contributed by atoms with Crippen LogP contribution in [0.25, 0.3) is 0 Å². The van der Waals surface area contributed by atoms with E-state index in [4.69, 9.17) is 16.3 Å². The molecule has 0 aliphatic rings. The first-order valence-corrected chi connectivity index (χ1v) is 8.52. The molecule has 0 saturated heterocycles. The number of carbonyl (C=O) groups excluding carboxylic acids is 2. The number of hydrogen-bond acceptors (Lipinski definition) is 4. The van der Waals surface area contributed by atoms with E-state index in [0.29, 0.717) is 10.8 Å². The predicted molar refractivity (Wildman–Crippen MR) is 97.5 cm³/mol. The highest BCUT2D eigenvalue weighted by molar-refractivity contribution is 6.30. The van der Waals surface area contributed by atoms with Gasteiger partial charge in [-0.3, -0.25) is 9.59 Å². The number of esters is 1. The van der Waals surface area contributed by atoms with Crippen molar-refractivity contribution in [2.45, 2.75) is 26.2 Å². The number of carbonyl (C=O) groups is 2. The van der Waals surface area contributed by atoms with E-state index in [2.05, 4.69) is 10.3 Å². The number of anilines is 1. The highest BCUT2D eigenvalue weighted by Gasteiger charge is 2.27. The summed E-state index contributed by atoms with van der Waals surface area (Å²) in [7, 11) is 0. The lowest BCUT2D eigenvalue weighted by Gasteiger charge is -2.21. The van der Waals surface area contributed by atoms with Gasteiger partial charge in [0.1, 0.15) is 5.82 Å². The van der Waals surface area contributed by atoms with Crippen LogP contribution >= 0.6 is 11.6 Å². The second-order valence-electron chi connectivity index (χ2n) is 5.79. The average molecular weight is 361 g/mol. The van der Waals surface area contributed by atoms with Gasteiger partial charge in [0.15, 0.2) is 6.61 Å². The molecule has 0 spiro atoms. The molecule has 25 heavy (non-hydrogen) atoms. The van der Waals surface area contributed by atoms with Gasteiger partial charge in [-0.1, -0.05) is 62.2 Å². The fraction of sp³-hybridized carbons (Fsp3) is 0.316. The maximum atomic E-state index is 12.5. The molecule has 132 valence electrons. The van der Waals surface area contributed by atoms with Gasteiger partial charge in [0.25, 0.3) is 5.91 Å². The fourth-order valence-corrected chi connectivity index (χ4v) is 2.56. The molecule has 1 aromatic heterocycles. The van der Waals surface area contributed by atoms with Crippen molar-refractivity contribution in [1.82, 2.24) is 4.98 Å². The molecule has 2 unspecified atom stereocenters. The van der Waals surface area contributed by atoms with E-state index in [1.165, 1.54) is 6.20 Å². The van der Waals surface area contributed by atoms with Crippen LogP contribution in [0, 0.1) is 5.92 Å². The third-order valence-corrected chi connectivity index (χ3v) is 4.19. The molecule has 5 nitrogen and oxygen atoms in total. The molecular weight excluding hydrogens is 340 g/mol. The molecule has 0 radical (unpaired) electrons. The van der Waals surface area contributed by atoms with Gasteiger partial charge >= 0.3 is 5.97 Å². The number of amides is 1. The number of nitrogens with one attached hydrogen (secondary N) is 1. The lowest BCUT2D eigenvalue weighted by atomic mass is 9.86. The van der Waals surface area contributed by atoms with Gasteiger partial charge in [-0.15, -0.1) is 0 Å². The van der Waals surface area contributed by atoms with Crippen LogP contribution in [0.15, 0.2) is 48.7 Å². The Morgan fingerprint density at radius 1 is 1.20 bits per heavy atom.